The van der Waals surface area contributed by atoms with Crippen LogP contribution in [-0.2, 0) is 4.79 Å². The van der Waals surface area contributed by atoms with Gasteiger partial charge in [0.15, 0.2) is 0 Å². The van der Waals surface area contributed by atoms with Crippen molar-refractivity contribution in [1.82, 2.24) is 0 Å². The molecule has 2 N–H and O–H groups in total. The van der Waals surface area contributed by atoms with Gasteiger partial charge in [0.25, 0.3) is 0 Å². The Hall–Kier alpha value is -1.44. The normalized spacial score (nSPS) is 10.7. The van der Waals surface area contributed by atoms with Crippen molar-refractivity contribution in [2.75, 3.05) is 17.7 Å². The lowest BCUT2D eigenvalue weighted by Gasteiger charge is -2.17. The van der Waals surface area contributed by atoms with E-state index in [-0.39, 0.29) is 17.3 Å². The topological polar surface area (TPSA) is 49.3 Å². The van der Waals surface area contributed by atoms with Gasteiger partial charge in [-0.05, 0) is 24.6 Å². The van der Waals surface area contributed by atoms with E-state index in [2.05, 4.69) is 37.9 Å². The van der Waals surface area contributed by atoms with Crippen LogP contribution in [0.15, 0.2) is 18.2 Å². The zero-order chi connectivity index (χ0) is 15.9. The highest BCUT2D eigenvalue weighted by molar-refractivity contribution is 8.01. The second-order valence-electron chi connectivity index (χ2n) is 5.77. The molecule has 21 heavy (non-hydrogen) atoms. The lowest BCUT2D eigenvalue weighted by Crippen LogP contribution is -2.19. The lowest BCUT2D eigenvalue weighted by molar-refractivity contribution is -0.113. The fraction of sp³-hybridized carbons (Fsp3) is 0.471. The molecule has 1 rings (SSSR count). The number of aliphatic hydroxyl groups excluding tert-OH is 1. The van der Waals surface area contributed by atoms with Crippen LogP contribution in [0.2, 0.25) is 0 Å². The summed E-state index contributed by atoms with van der Waals surface area (Å²) in [6.45, 7) is 8.28. The number of aryl methyl sites for hydroxylation is 1. The van der Waals surface area contributed by atoms with Crippen molar-refractivity contribution in [3.05, 3.63) is 29.3 Å². The first-order chi connectivity index (χ1) is 9.81. The standard InChI is InChI=1S/C17H23NO2S/c1-13-8-9-14(7-5-6-10-19)15(11-13)18-16(20)12-21-17(2,3)4/h8-9,11,19H,6,10,12H2,1-4H3,(H,18,20). The summed E-state index contributed by atoms with van der Waals surface area (Å²) in [5.74, 6) is 6.27. The van der Waals surface area contributed by atoms with Gasteiger partial charge in [0, 0.05) is 16.7 Å². The van der Waals surface area contributed by atoms with Crippen molar-refractivity contribution < 1.29 is 9.90 Å². The van der Waals surface area contributed by atoms with Crippen LogP contribution in [0, 0.1) is 18.8 Å². The molecule has 0 spiro atoms. The number of benzene rings is 1. The molecule has 0 aromatic heterocycles. The second kappa shape index (κ2) is 8.11. The molecule has 1 aromatic carbocycles. The van der Waals surface area contributed by atoms with Crippen molar-refractivity contribution in [3.63, 3.8) is 0 Å². The smallest absolute Gasteiger partial charge is 0.234 e. The third-order valence-electron chi connectivity index (χ3n) is 2.55. The molecule has 0 radical (unpaired) electrons. The molecule has 3 nitrogen and oxygen atoms in total. The van der Waals surface area contributed by atoms with E-state index < -0.39 is 0 Å². The molecular formula is C17H23NO2S. The predicted octanol–water partition coefficient (Wildman–Crippen LogP) is 3.20. The maximum absolute atomic E-state index is 12.0. The molecule has 4 heteroatoms. The number of amides is 1. The maximum Gasteiger partial charge on any atom is 0.234 e. The number of nitrogens with one attached hydrogen (secondary N) is 1. The molecule has 0 heterocycles. The van der Waals surface area contributed by atoms with E-state index in [9.17, 15) is 4.79 Å². The van der Waals surface area contributed by atoms with Crippen LogP contribution in [0.4, 0.5) is 5.69 Å². The van der Waals surface area contributed by atoms with Gasteiger partial charge in [-0.15, -0.1) is 11.8 Å². The molecule has 0 saturated carbocycles. The Morgan fingerprint density at radius 1 is 1.38 bits per heavy atom. The number of carbonyl (C=O) groups is 1. The first-order valence-corrected chi connectivity index (χ1v) is 7.94. The summed E-state index contributed by atoms with van der Waals surface area (Å²) in [5, 5.41) is 11.7. The van der Waals surface area contributed by atoms with Crippen LogP contribution in [0.3, 0.4) is 0 Å². The van der Waals surface area contributed by atoms with E-state index in [1.54, 1.807) is 11.8 Å². The second-order valence-corrected chi connectivity index (χ2v) is 7.58. The monoisotopic (exact) mass is 305 g/mol. The molecule has 0 aliphatic rings. The highest BCUT2D eigenvalue weighted by atomic mass is 32.2. The van der Waals surface area contributed by atoms with Gasteiger partial charge in [0.2, 0.25) is 5.91 Å². The average molecular weight is 305 g/mol. The van der Waals surface area contributed by atoms with E-state index >= 15 is 0 Å². The SMILES string of the molecule is Cc1ccc(C#CCCO)c(NC(=O)CSC(C)(C)C)c1. The highest BCUT2D eigenvalue weighted by Gasteiger charge is 2.14. The summed E-state index contributed by atoms with van der Waals surface area (Å²) in [5.41, 5.74) is 2.59. The van der Waals surface area contributed by atoms with Crippen molar-refractivity contribution in [2.24, 2.45) is 0 Å². The quantitative estimate of drug-likeness (QED) is 0.840. The third kappa shape index (κ3) is 7.22. The zero-order valence-electron chi connectivity index (χ0n) is 13.1. The van der Waals surface area contributed by atoms with E-state index in [1.807, 2.05) is 25.1 Å². The van der Waals surface area contributed by atoms with Crippen LogP contribution >= 0.6 is 11.8 Å². The molecule has 1 aromatic rings. The molecule has 0 unspecified atom stereocenters. The molecule has 0 fully saturated rings. The van der Waals surface area contributed by atoms with E-state index in [0.717, 1.165) is 16.8 Å². The van der Waals surface area contributed by atoms with E-state index in [4.69, 9.17) is 5.11 Å². The summed E-state index contributed by atoms with van der Waals surface area (Å²) >= 11 is 1.61. The van der Waals surface area contributed by atoms with Gasteiger partial charge in [0.1, 0.15) is 0 Å². The number of hydrogen-bond acceptors (Lipinski definition) is 3. The molecule has 0 bridgehead atoms. The minimum atomic E-state index is -0.0225. The molecule has 0 saturated heterocycles. The number of aliphatic hydroxyl groups is 1. The highest BCUT2D eigenvalue weighted by Crippen LogP contribution is 2.23. The molecule has 0 atom stereocenters. The number of anilines is 1. The van der Waals surface area contributed by atoms with Gasteiger partial charge in [0.05, 0.1) is 18.0 Å². The number of carbonyl (C=O) groups excluding carboxylic acids is 1. The Kier molecular flexibility index (Phi) is 6.80. The van der Waals surface area contributed by atoms with Gasteiger partial charge >= 0.3 is 0 Å². The number of hydrogen-bond donors (Lipinski definition) is 2. The Morgan fingerprint density at radius 3 is 2.71 bits per heavy atom. The molecule has 0 aliphatic carbocycles. The number of rotatable bonds is 4. The van der Waals surface area contributed by atoms with Crippen LogP contribution < -0.4 is 5.32 Å². The van der Waals surface area contributed by atoms with Crippen molar-refractivity contribution in [1.29, 1.82) is 0 Å². The van der Waals surface area contributed by atoms with Crippen LogP contribution in [0.1, 0.15) is 38.3 Å². The Bertz CT molecular complexity index is 550. The first kappa shape index (κ1) is 17.6. The molecule has 0 aliphatic heterocycles. The predicted molar refractivity (Wildman–Crippen MR) is 90.6 cm³/mol. The lowest BCUT2D eigenvalue weighted by atomic mass is 10.1. The van der Waals surface area contributed by atoms with Gasteiger partial charge < -0.3 is 10.4 Å². The van der Waals surface area contributed by atoms with Crippen molar-refractivity contribution in [2.45, 2.75) is 38.9 Å². The van der Waals surface area contributed by atoms with Gasteiger partial charge in [-0.3, -0.25) is 4.79 Å². The molecule has 1 amide bonds. The van der Waals surface area contributed by atoms with Crippen LogP contribution in [0.25, 0.3) is 0 Å². The van der Waals surface area contributed by atoms with Gasteiger partial charge in [-0.25, -0.2) is 0 Å². The summed E-state index contributed by atoms with van der Waals surface area (Å²) in [4.78, 5) is 12.0. The summed E-state index contributed by atoms with van der Waals surface area (Å²) in [7, 11) is 0. The van der Waals surface area contributed by atoms with E-state index in [1.165, 1.54) is 0 Å². The molecule has 114 valence electrons. The largest absolute Gasteiger partial charge is 0.395 e. The minimum absolute atomic E-state index is 0.0225. The van der Waals surface area contributed by atoms with Gasteiger partial charge in [-0.2, -0.15) is 0 Å². The Balaban J connectivity index is 2.79. The van der Waals surface area contributed by atoms with Crippen LogP contribution in [-0.4, -0.2) is 28.1 Å². The molecular weight excluding hydrogens is 282 g/mol. The maximum atomic E-state index is 12.0. The van der Waals surface area contributed by atoms with E-state index in [0.29, 0.717) is 12.2 Å². The Morgan fingerprint density at radius 2 is 2.10 bits per heavy atom. The minimum Gasteiger partial charge on any atom is -0.395 e. The first-order valence-electron chi connectivity index (χ1n) is 6.96. The zero-order valence-corrected chi connectivity index (χ0v) is 13.9. The number of thioether (sulfide) groups is 1. The average Bonchev–Trinajstić information content (AvgIpc) is 2.38. The summed E-state index contributed by atoms with van der Waals surface area (Å²) in [6, 6.07) is 5.78. The van der Waals surface area contributed by atoms with Crippen molar-refractivity contribution >= 4 is 23.4 Å². The van der Waals surface area contributed by atoms with Crippen molar-refractivity contribution in [3.8, 4) is 11.8 Å². The Labute approximate surface area is 131 Å². The summed E-state index contributed by atoms with van der Waals surface area (Å²) in [6.07, 6.45) is 0.432. The fourth-order valence-corrected chi connectivity index (χ4v) is 2.19. The fourth-order valence-electron chi connectivity index (χ4n) is 1.55. The van der Waals surface area contributed by atoms with Crippen LogP contribution in [0.5, 0.6) is 0 Å². The third-order valence-corrected chi connectivity index (χ3v) is 3.82. The summed E-state index contributed by atoms with van der Waals surface area (Å²) < 4.78 is 0.0632. The van der Waals surface area contributed by atoms with Gasteiger partial charge in [-0.1, -0.05) is 38.7 Å².